The number of nitrogens with one attached hydrogen (secondary N) is 1. The Morgan fingerprint density at radius 2 is 2.33 bits per heavy atom. The third-order valence-corrected chi connectivity index (χ3v) is 6.72. The minimum Gasteiger partial charge on any atom is -0.480 e. The lowest BCUT2D eigenvalue weighted by Gasteiger charge is -2.07. The third kappa shape index (κ3) is 2.58. The molecule has 1 aliphatic rings. The lowest BCUT2D eigenvalue weighted by molar-refractivity contribution is -0.138. The topological polar surface area (TPSA) is 49.3 Å². The summed E-state index contributed by atoms with van der Waals surface area (Å²) in [6.45, 7) is 0. The van der Waals surface area contributed by atoms with Crippen LogP contribution in [0.2, 0.25) is 0 Å². The Bertz CT molecular complexity index is 376. The number of thiophene rings is 1. The quantitative estimate of drug-likeness (QED) is 0.837. The van der Waals surface area contributed by atoms with Crippen molar-refractivity contribution in [2.75, 3.05) is 5.75 Å². The van der Waals surface area contributed by atoms with E-state index in [1.54, 1.807) is 23.1 Å². The second-order valence-corrected chi connectivity index (χ2v) is 7.44. The first-order valence-electron chi connectivity index (χ1n) is 4.13. The fourth-order valence-corrected chi connectivity index (χ4v) is 4.77. The van der Waals surface area contributed by atoms with Gasteiger partial charge in [-0.05, 0) is 37.9 Å². The van der Waals surface area contributed by atoms with E-state index >= 15 is 0 Å². The molecule has 0 radical (unpaired) electrons. The molecule has 7 heteroatoms. The number of hydrogen-bond acceptors (Lipinski definition) is 4. The normalized spacial score (nSPS) is 25.7. The summed E-state index contributed by atoms with van der Waals surface area (Å²) >= 11 is 10.1. The van der Waals surface area contributed by atoms with Crippen molar-refractivity contribution in [3.8, 4) is 0 Å². The van der Waals surface area contributed by atoms with Crippen molar-refractivity contribution in [2.45, 2.75) is 11.4 Å². The Morgan fingerprint density at radius 1 is 1.60 bits per heavy atom. The number of aliphatic carboxylic acids is 1. The van der Waals surface area contributed by atoms with Crippen LogP contribution >= 0.6 is 55.0 Å². The van der Waals surface area contributed by atoms with Crippen LogP contribution in [0.15, 0.2) is 14.3 Å². The predicted octanol–water partition coefficient (Wildman–Crippen LogP) is 3.06. The van der Waals surface area contributed by atoms with Crippen molar-refractivity contribution < 1.29 is 9.90 Å². The fraction of sp³-hybridized carbons (Fsp3) is 0.375. The molecule has 0 saturated carbocycles. The number of carbonyl (C=O) groups is 1. The molecular weight excluding hydrogens is 366 g/mol. The van der Waals surface area contributed by atoms with Crippen LogP contribution in [0.1, 0.15) is 10.3 Å². The van der Waals surface area contributed by atoms with Crippen LogP contribution in [-0.4, -0.2) is 22.9 Å². The molecule has 1 aromatic rings. The third-order valence-electron chi connectivity index (χ3n) is 2.00. The number of rotatable bonds is 2. The van der Waals surface area contributed by atoms with Gasteiger partial charge in [-0.3, -0.25) is 10.1 Å². The van der Waals surface area contributed by atoms with E-state index in [2.05, 4.69) is 37.2 Å². The number of carboxylic acids is 1. The van der Waals surface area contributed by atoms with Crippen molar-refractivity contribution in [1.82, 2.24) is 5.32 Å². The summed E-state index contributed by atoms with van der Waals surface area (Å²) in [6.07, 6.45) is 0. The van der Waals surface area contributed by atoms with Gasteiger partial charge in [0.05, 0.1) is 9.16 Å². The van der Waals surface area contributed by atoms with Gasteiger partial charge in [-0.1, -0.05) is 0 Å². The van der Waals surface area contributed by atoms with Gasteiger partial charge in [-0.15, -0.1) is 23.1 Å². The molecule has 2 N–H and O–H groups in total. The van der Waals surface area contributed by atoms with Crippen molar-refractivity contribution >= 4 is 60.9 Å². The second kappa shape index (κ2) is 4.75. The van der Waals surface area contributed by atoms with Gasteiger partial charge in [0.1, 0.15) is 6.04 Å². The zero-order valence-electron chi connectivity index (χ0n) is 7.37. The molecule has 82 valence electrons. The van der Waals surface area contributed by atoms with Gasteiger partial charge >= 0.3 is 5.97 Å². The smallest absolute Gasteiger partial charge is 0.321 e. The molecule has 0 aromatic carbocycles. The van der Waals surface area contributed by atoms with E-state index < -0.39 is 12.0 Å². The first-order valence-corrected chi connectivity index (χ1v) is 7.58. The van der Waals surface area contributed by atoms with Gasteiger partial charge in [0.25, 0.3) is 0 Å². The van der Waals surface area contributed by atoms with E-state index in [1.165, 1.54) is 0 Å². The summed E-state index contributed by atoms with van der Waals surface area (Å²) in [7, 11) is 0. The first-order chi connectivity index (χ1) is 7.08. The average Bonchev–Trinajstić information content (AvgIpc) is 2.74. The summed E-state index contributed by atoms with van der Waals surface area (Å²) in [4.78, 5) is 11.9. The maximum absolute atomic E-state index is 10.8. The molecule has 1 aromatic heterocycles. The predicted molar refractivity (Wildman–Crippen MR) is 69.5 cm³/mol. The summed E-state index contributed by atoms with van der Waals surface area (Å²) in [5.41, 5.74) is 0. The first kappa shape index (κ1) is 11.9. The Balaban J connectivity index is 2.11. The van der Waals surface area contributed by atoms with Crippen molar-refractivity contribution in [3.63, 3.8) is 0 Å². The molecule has 1 aliphatic heterocycles. The molecule has 0 aliphatic carbocycles. The Labute approximate surface area is 112 Å². The molecule has 0 bridgehead atoms. The van der Waals surface area contributed by atoms with E-state index in [0.717, 1.165) is 13.1 Å². The van der Waals surface area contributed by atoms with E-state index in [-0.39, 0.29) is 5.37 Å². The minimum absolute atomic E-state index is 0.0960. The lowest BCUT2D eigenvalue weighted by atomic mass is 10.3. The molecule has 0 amide bonds. The fourth-order valence-electron chi connectivity index (χ4n) is 1.27. The van der Waals surface area contributed by atoms with E-state index in [4.69, 9.17) is 5.11 Å². The summed E-state index contributed by atoms with van der Waals surface area (Å²) < 4.78 is 2.06. The number of carboxylic acid groups (broad SMARTS) is 1. The lowest BCUT2D eigenvalue weighted by Crippen LogP contribution is -2.33. The van der Waals surface area contributed by atoms with Gasteiger partial charge in [0, 0.05) is 15.1 Å². The van der Waals surface area contributed by atoms with Crippen LogP contribution in [0, 0.1) is 0 Å². The molecule has 1 fully saturated rings. The molecule has 15 heavy (non-hydrogen) atoms. The SMILES string of the molecule is O=C(O)[C@@H]1CSC(c2cc(Br)c(Br)s2)N1. The zero-order chi connectivity index (χ0) is 11.0. The number of hydrogen-bond donors (Lipinski definition) is 2. The monoisotopic (exact) mass is 371 g/mol. The van der Waals surface area contributed by atoms with Crippen molar-refractivity contribution in [1.29, 1.82) is 0 Å². The molecule has 1 unspecified atom stereocenters. The van der Waals surface area contributed by atoms with Crippen LogP contribution in [0.3, 0.4) is 0 Å². The van der Waals surface area contributed by atoms with Gasteiger partial charge in [-0.2, -0.15) is 0 Å². The summed E-state index contributed by atoms with van der Waals surface area (Å²) in [5, 5.41) is 12.0. The van der Waals surface area contributed by atoms with Crippen LogP contribution in [0.4, 0.5) is 0 Å². The molecule has 3 nitrogen and oxygen atoms in total. The zero-order valence-corrected chi connectivity index (χ0v) is 12.2. The van der Waals surface area contributed by atoms with Crippen LogP contribution < -0.4 is 5.32 Å². The Morgan fingerprint density at radius 3 is 2.80 bits per heavy atom. The standard InChI is InChI=1S/C8H7Br2NO2S2/c9-3-1-5(15-6(3)10)7-11-4(2-14-7)8(12)13/h1,4,7,11H,2H2,(H,12,13)/t4-,7?/m0/s1. The summed E-state index contributed by atoms with van der Waals surface area (Å²) in [5.74, 6) is -0.160. The summed E-state index contributed by atoms with van der Waals surface area (Å²) in [6, 6.07) is 1.59. The van der Waals surface area contributed by atoms with E-state index in [1.807, 2.05) is 6.07 Å². The molecule has 2 atom stereocenters. The molecular formula is C8H7Br2NO2S2. The molecule has 1 saturated heterocycles. The largest absolute Gasteiger partial charge is 0.480 e. The highest BCUT2D eigenvalue weighted by atomic mass is 79.9. The highest BCUT2D eigenvalue weighted by Crippen LogP contribution is 2.41. The number of halogens is 2. The van der Waals surface area contributed by atoms with Crippen LogP contribution in [0.25, 0.3) is 0 Å². The molecule has 2 heterocycles. The molecule has 0 spiro atoms. The van der Waals surface area contributed by atoms with Gasteiger partial charge in [-0.25, -0.2) is 0 Å². The van der Waals surface area contributed by atoms with Crippen molar-refractivity contribution in [3.05, 3.63) is 19.2 Å². The highest BCUT2D eigenvalue weighted by molar-refractivity contribution is 9.13. The maximum atomic E-state index is 10.8. The average molecular weight is 373 g/mol. The Kier molecular flexibility index (Phi) is 3.77. The second-order valence-electron chi connectivity index (χ2n) is 3.04. The molecule has 2 rings (SSSR count). The van der Waals surface area contributed by atoms with E-state index in [0.29, 0.717) is 5.75 Å². The highest BCUT2D eigenvalue weighted by Gasteiger charge is 2.31. The van der Waals surface area contributed by atoms with Crippen LogP contribution in [-0.2, 0) is 4.79 Å². The van der Waals surface area contributed by atoms with Gasteiger partial charge < -0.3 is 5.11 Å². The van der Waals surface area contributed by atoms with Crippen LogP contribution in [0.5, 0.6) is 0 Å². The number of thioether (sulfide) groups is 1. The Hall–Kier alpha value is 0.440. The van der Waals surface area contributed by atoms with Crippen molar-refractivity contribution in [2.24, 2.45) is 0 Å². The van der Waals surface area contributed by atoms with Gasteiger partial charge in [0.15, 0.2) is 0 Å². The maximum Gasteiger partial charge on any atom is 0.321 e. The van der Waals surface area contributed by atoms with E-state index in [9.17, 15) is 4.79 Å². The van der Waals surface area contributed by atoms with Gasteiger partial charge in [0.2, 0.25) is 0 Å². The minimum atomic E-state index is -0.778.